The van der Waals surface area contributed by atoms with Crippen LogP contribution in [0.1, 0.15) is 17.5 Å². The summed E-state index contributed by atoms with van der Waals surface area (Å²) in [6.07, 6.45) is 1.34. The summed E-state index contributed by atoms with van der Waals surface area (Å²) in [7, 11) is -3.50. The van der Waals surface area contributed by atoms with Crippen molar-refractivity contribution in [2.24, 2.45) is 0 Å². The van der Waals surface area contributed by atoms with Gasteiger partial charge < -0.3 is 10.1 Å². The number of rotatable bonds is 8. The summed E-state index contributed by atoms with van der Waals surface area (Å²) in [5, 5.41) is 2.65. The summed E-state index contributed by atoms with van der Waals surface area (Å²) in [6, 6.07) is 19.6. The molecular weight excluding hydrogens is 388 g/mol. The van der Waals surface area contributed by atoms with E-state index in [2.05, 4.69) is 10.3 Å². The molecule has 7 heteroatoms. The third-order valence-electron chi connectivity index (χ3n) is 4.23. The molecule has 6 nitrogen and oxygen atoms in total. The smallest absolute Gasteiger partial charge is 0.225 e. The van der Waals surface area contributed by atoms with Crippen LogP contribution in [-0.4, -0.2) is 25.1 Å². The Morgan fingerprint density at radius 3 is 2.38 bits per heavy atom. The van der Waals surface area contributed by atoms with E-state index in [1.54, 1.807) is 36.4 Å². The second kappa shape index (κ2) is 9.34. The van der Waals surface area contributed by atoms with Crippen LogP contribution in [0.5, 0.6) is 5.88 Å². The van der Waals surface area contributed by atoms with Crippen molar-refractivity contribution in [3.8, 4) is 5.88 Å². The van der Waals surface area contributed by atoms with Crippen LogP contribution in [0, 0.1) is 6.92 Å². The predicted octanol–water partition coefficient (Wildman–Crippen LogP) is 3.77. The fourth-order valence-electron chi connectivity index (χ4n) is 2.59. The maximum atomic E-state index is 12.3. The molecule has 3 aromatic rings. The number of anilines is 1. The first kappa shape index (κ1) is 20.5. The lowest BCUT2D eigenvalue weighted by atomic mass is 10.2. The average molecular weight is 410 g/mol. The van der Waals surface area contributed by atoms with Gasteiger partial charge in [0, 0.05) is 12.5 Å². The van der Waals surface area contributed by atoms with E-state index in [-0.39, 0.29) is 23.0 Å². The van der Waals surface area contributed by atoms with Crippen molar-refractivity contribution in [2.45, 2.75) is 24.8 Å². The number of nitrogens with one attached hydrogen (secondary N) is 1. The molecule has 3 rings (SSSR count). The van der Waals surface area contributed by atoms with Crippen molar-refractivity contribution >= 4 is 21.4 Å². The Morgan fingerprint density at radius 1 is 1.00 bits per heavy atom. The van der Waals surface area contributed by atoms with Gasteiger partial charge in [0.05, 0.1) is 22.5 Å². The Kier molecular flexibility index (Phi) is 6.61. The normalized spacial score (nSPS) is 11.1. The molecule has 29 heavy (non-hydrogen) atoms. The number of benzene rings is 2. The van der Waals surface area contributed by atoms with Crippen molar-refractivity contribution in [1.29, 1.82) is 0 Å². The second-order valence-electron chi connectivity index (χ2n) is 6.59. The monoisotopic (exact) mass is 410 g/mol. The van der Waals surface area contributed by atoms with Gasteiger partial charge in [0.2, 0.25) is 11.8 Å². The number of amides is 1. The number of sulfone groups is 1. The molecule has 0 saturated carbocycles. The molecule has 1 aromatic heterocycles. The van der Waals surface area contributed by atoms with E-state index in [9.17, 15) is 13.2 Å². The molecule has 1 N–H and O–H groups in total. The maximum absolute atomic E-state index is 12.3. The highest BCUT2D eigenvalue weighted by Crippen LogP contribution is 2.15. The minimum atomic E-state index is -3.50. The van der Waals surface area contributed by atoms with Gasteiger partial charge in [-0.25, -0.2) is 13.4 Å². The zero-order valence-corrected chi connectivity index (χ0v) is 16.9. The zero-order chi connectivity index (χ0) is 20.7. The van der Waals surface area contributed by atoms with Gasteiger partial charge in [-0.1, -0.05) is 48.0 Å². The van der Waals surface area contributed by atoms with Gasteiger partial charge in [0.1, 0.15) is 6.61 Å². The lowest BCUT2D eigenvalue weighted by Gasteiger charge is -2.08. The van der Waals surface area contributed by atoms with Gasteiger partial charge >= 0.3 is 0 Å². The minimum Gasteiger partial charge on any atom is -0.473 e. The average Bonchev–Trinajstić information content (AvgIpc) is 2.73. The maximum Gasteiger partial charge on any atom is 0.225 e. The standard InChI is InChI=1S/C22H22N2O4S/c1-17-7-10-20(11-8-17)29(26,27)14-13-21(25)24-19-9-12-22(23-15-19)28-16-18-5-3-2-4-6-18/h2-12,15H,13-14,16H2,1H3,(H,24,25). The van der Waals surface area contributed by atoms with Crippen LogP contribution in [0.2, 0.25) is 0 Å². The molecule has 0 radical (unpaired) electrons. The molecule has 0 atom stereocenters. The van der Waals surface area contributed by atoms with Crippen LogP contribution in [-0.2, 0) is 21.2 Å². The Bertz CT molecular complexity index is 1050. The molecule has 0 aliphatic rings. The Hall–Kier alpha value is -3.19. The van der Waals surface area contributed by atoms with Crippen molar-refractivity contribution in [3.05, 3.63) is 84.1 Å². The molecule has 0 unspecified atom stereocenters. The fourth-order valence-corrected chi connectivity index (χ4v) is 3.83. The summed E-state index contributed by atoms with van der Waals surface area (Å²) >= 11 is 0. The lowest BCUT2D eigenvalue weighted by Crippen LogP contribution is -2.17. The number of aromatic nitrogens is 1. The molecule has 0 fully saturated rings. The summed E-state index contributed by atoms with van der Waals surface area (Å²) in [6.45, 7) is 2.28. The Labute approximate surface area is 170 Å². The van der Waals surface area contributed by atoms with Crippen molar-refractivity contribution < 1.29 is 17.9 Å². The van der Waals surface area contributed by atoms with E-state index < -0.39 is 9.84 Å². The zero-order valence-electron chi connectivity index (χ0n) is 16.0. The van der Waals surface area contributed by atoms with E-state index in [0.29, 0.717) is 18.2 Å². The number of hydrogen-bond acceptors (Lipinski definition) is 5. The molecule has 0 spiro atoms. The van der Waals surface area contributed by atoms with Crippen LogP contribution < -0.4 is 10.1 Å². The number of nitrogens with zero attached hydrogens (tertiary/aromatic N) is 1. The first-order valence-electron chi connectivity index (χ1n) is 9.14. The molecule has 2 aromatic carbocycles. The summed E-state index contributed by atoms with van der Waals surface area (Å²) in [5.41, 5.74) is 2.49. The number of hydrogen-bond donors (Lipinski definition) is 1. The van der Waals surface area contributed by atoms with E-state index in [1.807, 2.05) is 37.3 Å². The minimum absolute atomic E-state index is 0.136. The molecule has 0 saturated heterocycles. The number of ether oxygens (including phenoxy) is 1. The fraction of sp³-hybridized carbons (Fsp3) is 0.182. The van der Waals surface area contributed by atoms with Gasteiger partial charge in [-0.2, -0.15) is 0 Å². The number of aryl methyl sites for hydroxylation is 1. The molecule has 0 aliphatic heterocycles. The van der Waals surface area contributed by atoms with Gasteiger partial charge in [-0.05, 0) is 30.7 Å². The highest BCUT2D eigenvalue weighted by atomic mass is 32.2. The van der Waals surface area contributed by atoms with Crippen molar-refractivity contribution in [1.82, 2.24) is 4.98 Å². The van der Waals surface area contributed by atoms with E-state index in [4.69, 9.17) is 4.74 Å². The van der Waals surface area contributed by atoms with Crippen LogP contribution in [0.4, 0.5) is 5.69 Å². The number of carbonyl (C=O) groups excluding carboxylic acids is 1. The Morgan fingerprint density at radius 2 is 1.72 bits per heavy atom. The predicted molar refractivity (Wildman–Crippen MR) is 111 cm³/mol. The van der Waals surface area contributed by atoms with Gasteiger partial charge in [-0.3, -0.25) is 4.79 Å². The molecule has 0 bridgehead atoms. The first-order valence-corrected chi connectivity index (χ1v) is 10.8. The van der Waals surface area contributed by atoms with Gasteiger partial charge in [-0.15, -0.1) is 0 Å². The molecule has 1 amide bonds. The van der Waals surface area contributed by atoms with E-state index >= 15 is 0 Å². The third-order valence-corrected chi connectivity index (χ3v) is 5.96. The van der Waals surface area contributed by atoms with E-state index in [1.165, 1.54) is 6.20 Å². The molecule has 0 aliphatic carbocycles. The molecule has 150 valence electrons. The van der Waals surface area contributed by atoms with Gasteiger partial charge in [0.25, 0.3) is 0 Å². The Balaban J connectivity index is 1.49. The highest BCUT2D eigenvalue weighted by Gasteiger charge is 2.16. The van der Waals surface area contributed by atoms with Gasteiger partial charge in [0.15, 0.2) is 9.84 Å². The quantitative estimate of drug-likeness (QED) is 0.611. The summed E-state index contributed by atoms with van der Waals surface area (Å²) in [4.78, 5) is 16.5. The number of pyridine rings is 1. The van der Waals surface area contributed by atoms with Crippen LogP contribution in [0.25, 0.3) is 0 Å². The highest BCUT2D eigenvalue weighted by molar-refractivity contribution is 7.91. The summed E-state index contributed by atoms with van der Waals surface area (Å²) in [5.74, 6) is -0.206. The first-order chi connectivity index (χ1) is 13.9. The molecule has 1 heterocycles. The third kappa shape index (κ3) is 6.15. The SMILES string of the molecule is Cc1ccc(S(=O)(=O)CCC(=O)Nc2ccc(OCc3ccccc3)nc2)cc1. The van der Waals surface area contributed by atoms with Crippen LogP contribution in [0.3, 0.4) is 0 Å². The van der Waals surface area contributed by atoms with Crippen molar-refractivity contribution in [2.75, 3.05) is 11.1 Å². The topological polar surface area (TPSA) is 85.4 Å². The number of carbonyl (C=O) groups is 1. The summed E-state index contributed by atoms with van der Waals surface area (Å²) < 4.78 is 30.2. The van der Waals surface area contributed by atoms with Crippen LogP contribution >= 0.6 is 0 Å². The van der Waals surface area contributed by atoms with E-state index in [0.717, 1.165) is 11.1 Å². The second-order valence-corrected chi connectivity index (χ2v) is 8.70. The van der Waals surface area contributed by atoms with Crippen LogP contribution in [0.15, 0.2) is 77.8 Å². The largest absolute Gasteiger partial charge is 0.473 e. The molecular formula is C22H22N2O4S. The lowest BCUT2D eigenvalue weighted by molar-refractivity contribution is -0.115. The van der Waals surface area contributed by atoms with Crippen molar-refractivity contribution in [3.63, 3.8) is 0 Å².